The fourth-order valence-electron chi connectivity index (χ4n) is 3.49. The monoisotopic (exact) mass is 210 g/mol. The van der Waals surface area contributed by atoms with E-state index in [0.29, 0.717) is 11.0 Å². The van der Waals surface area contributed by atoms with Crippen molar-refractivity contribution in [3.8, 4) is 0 Å². The van der Waals surface area contributed by atoms with Crippen molar-refractivity contribution in [3.05, 3.63) is 0 Å². The smallest absolute Gasteiger partial charge is 0.0334 e. The molecule has 0 aromatic carbocycles. The molecule has 1 heterocycles. The third-order valence-corrected chi connectivity index (χ3v) is 4.56. The van der Waals surface area contributed by atoms with Crippen molar-refractivity contribution in [3.63, 3.8) is 0 Å². The van der Waals surface area contributed by atoms with Gasteiger partial charge in [0.1, 0.15) is 0 Å². The molecule has 2 N–H and O–H groups in total. The van der Waals surface area contributed by atoms with E-state index in [0.717, 1.165) is 12.5 Å². The van der Waals surface area contributed by atoms with Crippen LogP contribution in [0, 0.1) is 11.3 Å². The first-order valence-corrected chi connectivity index (χ1v) is 6.43. The summed E-state index contributed by atoms with van der Waals surface area (Å²) in [4.78, 5) is 2.69. The number of rotatable bonds is 2. The van der Waals surface area contributed by atoms with E-state index in [1.54, 1.807) is 0 Å². The summed E-state index contributed by atoms with van der Waals surface area (Å²) in [6.45, 7) is 10.5. The van der Waals surface area contributed by atoms with E-state index < -0.39 is 0 Å². The second-order valence-corrected chi connectivity index (χ2v) is 6.61. The lowest BCUT2D eigenvalue weighted by molar-refractivity contribution is 0.113. The maximum absolute atomic E-state index is 6.06. The topological polar surface area (TPSA) is 29.3 Å². The Hall–Kier alpha value is -0.0800. The second kappa shape index (κ2) is 3.74. The highest BCUT2D eigenvalue weighted by molar-refractivity contribution is 5.01. The predicted molar refractivity (Wildman–Crippen MR) is 64.8 cm³/mol. The molecule has 0 aromatic heterocycles. The second-order valence-electron chi connectivity index (χ2n) is 6.61. The van der Waals surface area contributed by atoms with Crippen LogP contribution in [0.3, 0.4) is 0 Å². The molecule has 2 rings (SSSR count). The van der Waals surface area contributed by atoms with Crippen molar-refractivity contribution in [1.82, 2.24) is 4.90 Å². The van der Waals surface area contributed by atoms with Crippen molar-refractivity contribution >= 4 is 0 Å². The average molecular weight is 210 g/mol. The Morgan fingerprint density at radius 2 is 2.07 bits per heavy atom. The summed E-state index contributed by atoms with van der Waals surface area (Å²) in [7, 11) is 0. The van der Waals surface area contributed by atoms with Crippen LogP contribution in [0.15, 0.2) is 0 Å². The fourth-order valence-corrected chi connectivity index (χ4v) is 3.49. The Balaban J connectivity index is 2.08. The zero-order chi connectivity index (χ0) is 11.1. The number of hydrogen-bond donors (Lipinski definition) is 1. The van der Waals surface area contributed by atoms with E-state index >= 15 is 0 Å². The molecule has 2 unspecified atom stereocenters. The largest absolute Gasteiger partial charge is 0.329 e. The van der Waals surface area contributed by atoms with Crippen LogP contribution in [0.25, 0.3) is 0 Å². The van der Waals surface area contributed by atoms with E-state index in [2.05, 4.69) is 25.7 Å². The molecule has 2 heteroatoms. The van der Waals surface area contributed by atoms with E-state index in [1.165, 1.54) is 38.8 Å². The molecule has 1 aliphatic heterocycles. The predicted octanol–water partition coefficient (Wildman–Crippen LogP) is 2.24. The lowest BCUT2D eigenvalue weighted by atomic mass is 9.91. The van der Waals surface area contributed by atoms with E-state index in [4.69, 9.17) is 5.73 Å². The molecule has 1 aliphatic carbocycles. The first-order chi connectivity index (χ1) is 6.97. The molecular formula is C13H26N2. The molecule has 15 heavy (non-hydrogen) atoms. The van der Waals surface area contributed by atoms with Crippen LogP contribution >= 0.6 is 0 Å². The minimum atomic E-state index is 0.354. The molecule has 1 saturated heterocycles. The minimum Gasteiger partial charge on any atom is -0.329 e. The van der Waals surface area contributed by atoms with Crippen molar-refractivity contribution in [1.29, 1.82) is 0 Å². The number of hydrogen-bond acceptors (Lipinski definition) is 2. The van der Waals surface area contributed by atoms with Gasteiger partial charge in [0.2, 0.25) is 0 Å². The van der Waals surface area contributed by atoms with Gasteiger partial charge in [0, 0.05) is 18.6 Å². The van der Waals surface area contributed by atoms with Crippen LogP contribution in [0.5, 0.6) is 0 Å². The van der Waals surface area contributed by atoms with Gasteiger partial charge in [-0.1, -0.05) is 20.8 Å². The van der Waals surface area contributed by atoms with Gasteiger partial charge < -0.3 is 5.73 Å². The Kier molecular flexibility index (Phi) is 2.85. The zero-order valence-corrected chi connectivity index (χ0v) is 10.6. The Morgan fingerprint density at radius 3 is 2.47 bits per heavy atom. The normalized spacial score (nSPS) is 41.2. The molecular weight excluding hydrogens is 184 g/mol. The lowest BCUT2D eigenvalue weighted by Crippen LogP contribution is -2.51. The molecule has 0 amide bonds. The molecule has 0 spiro atoms. The van der Waals surface area contributed by atoms with Gasteiger partial charge in [-0.15, -0.1) is 0 Å². The molecule has 2 atom stereocenters. The van der Waals surface area contributed by atoms with Crippen LogP contribution < -0.4 is 5.73 Å². The van der Waals surface area contributed by atoms with E-state index in [-0.39, 0.29) is 0 Å². The first-order valence-electron chi connectivity index (χ1n) is 6.43. The van der Waals surface area contributed by atoms with Crippen LogP contribution in [0.1, 0.15) is 46.5 Å². The Labute approximate surface area is 94.2 Å². The molecule has 0 bridgehead atoms. The average Bonchev–Trinajstić information content (AvgIpc) is 2.70. The van der Waals surface area contributed by atoms with E-state index in [9.17, 15) is 0 Å². The molecule has 2 nitrogen and oxygen atoms in total. The molecule has 0 radical (unpaired) electrons. The maximum Gasteiger partial charge on any atom is 0.0334 e. The van der Waals surface area contributed by atoms with Crippen LogP contribution in [-0.2, 0) is 0 Å². The summed E-state index contributed by atoms with van der Waals surface area (Å²) in [6.07, 6.45) is 5.34. The van der Waals surface area contributed by atoms with Crippen LogP contribution in [0.2, 0.25) is 0 Å². The summed E-state index contributed by atoms with van der Waals surface area (Å²) in [6, 6.07) is 0. The fraction of sp³-hybridized carbons (Fsp3) is 1.00. The van der Waals surface area contributed by atoms with Gasteiger partial charge in [-0.2, -0.15) is 0 Å². The van der Waals surface area contributed by atoms with Crippen LogP contribution in [-0.4, -0.2) is 30.1 Å². The van der Waals surface area contributed by atoms with Gasteiger partial charge in [0.15, 0.2) is 0 Å². The first kappa shape index (κ1) is 11.4. The summed E-state index contributed by atoms with van der Waals surface area (Å²) in [5, 5.41) is 0. The SMILES string of the molecule is CC1CCC(CN)(N2CCC(C)(C)C2)C1. The van der Waals surface area contributed by atoms with Crippen molar-refractivity contribution in [2.45, 2.75) is 52.0 Å². The highest BCUT2D eigenvalue weighted by atomic mass is 15.2. The number of nitrogens with two attached hydrogens (primary N) is 1. The number of nitrogens with zero attached hydrogens (tertiary/aromatic N) is 1. The Bertz CT molecular complexity index is 237. The standard InChI is InChI=1S/C13H26N2/c1-11-4-5-13(8-11,9-14)15-7-6-12(2,3)10-15/h11H,4-10,14H2,1-3H3. The summed E-state index contributed by atoms with van der Waals surface area (Å²) in [5.74, 6) is 0.872. The van der Waals surface area contributed by atoms with Crippen molar-refractivity contribution in [2.24, 2.45) is 17.1 Å². The lowest BCUT2D eigenvalue weighted by Gasteiger charge is -2.39. The van der Waals surface area contributed by atoms with Gasteiger partial charge in [-0.25, -0.2) is 0 Å². The van der Waals surface area contributed by atoms with Gasteiger partial charge in [0.25, 0.3) is 0 Å². The third kappa shape index (κ3) is 2.07. The van der Waals surface area contributed by atoms with Crippen molar-refractivity contribution in [2.75, 3.05) is 19.6 Å². The summed E-state index contributed by atoms with van der Waals surface area (Å²) < 4.78 is 0. The maximum atomic E-state index is 6.06. The summed E-state index contributed by atoms with van der Waals surface area (Å²) in [5.41, 5.74) is 6.92. The van der Waals surface area contributed by atoms with E-state index in [1.807, 2.05) is 0 Å². The van der Waals surface area contributed by atoms with Gasteiger partial charge in [-0.3, -0.25) is 4.90 Å². The quantitative estimate of drug-likeness (QED) is 0.757. The van der Waals surface area contributed by atoms with Gasteiger partial charge >= 0.3 is 0 Å². The minimum absolute atomic E-state index is 0.354. The highest BCUT2D eigenvalue weighted by Gasteiger charge is 2.45. The zero-order valence-electron chi connectivity index (χ0n) is 10.6. The molecule has 88 valence electrons. The molecule has 0 aromatic rings. The molecule has 2 fully saturated rings. The highest BCUT2D eigenvalue weighted by Crippen LogP contribution is 2.43. The van der Waals surface area contributed by atoms with Crippen LogP contribution in [0.4, 0.5) is 0 Å². The Morgan fingerprint density at radius 1 is 1.33 bits per heavy atom. The molecule has 1 saturated carbocycles. The van der Waals surface area contributed by atoms with Crippen molar-refractivity contribution < 1.29 is 0 Å². The molecule has 2 aliphatic rings. The summed E-state index contributed by atoms with van der Waals surface area (Å²) >= 11 is 0. The third-order valence-electron chi connectivity index (χ3n) is 4.56. The van der Waals surface area contributed by atoms with Gasteiger partial charge in [-0.05, 0) is 43.6 Å². The number of likely N-dealkylation sites (tertiary alicyclic amines) is 1. The van der Waals surface area contributed by atoms with Gasteiger partial charge in [0.05, 0.1) is 0 Å².